The topological polar surface area (TPSA) is 146 Å². The first-order chi connectivity index (χ1) is 14.1. The largest absolute Gasteiger partial charge is 0.306 e. The molecule has 3 aromatic rings. The highest BCUT2D eigenvalue weighted by atomic mass is 35.5. The normalized spacial score (nSPS) is 10.7. The van der Waals surface area contributed by atoms with Crippen LogP contribution in [0.4, 0.5) is 17.2 Å². The van der Waals surface area contributed by atoms with E-state index in [1.54, 1.807) is 6.92 Å². The van der Waals surface area contributed by atoms with Crippen LogP contribution in [0.1, 0.15) is 21.6 Å². The molecule has 3 rings (SSSR count). The van der Waals surface area contributed by atoms with Crippen LogP contribution >= 0.6 is 23.2 Å². The molecule has 0 atom stereocenters. The van der Waals surface area contributed by atoms with Crippen LogP contribution in [0.2, 0.25) is 10.0 Å². The highest BCUT2D eigenvalue weighted by Gasteiger charge is 2.26. The molecular weight excluding hydrogens is 439 g/mol. The van der Waals surface area contributed by atoms with E-state index in [9.17, 15) is 25.0 Å². The lowest BCUT2D eigenvalue weighted by molar-refractivity contribution is -0.395. The molecule has 30 heavy (non-hydrogen) atoms. The number of nitrogens with zero attached hydrogens (tertiary/aromatic N) is 5. The Kier molecular flexibility index (Phi) is 5.67. The van der Waals surface area contributed by atoms with Crippen LogP contribution in [-0.2, 0) is 0 Å². The van der Waals surface area contributed by atoms with Crippen molar-refractivity contribution in [2.45, 2.75) is 13.8 Å². The molecule has 154 valence electrons. The van der Waals surface area contributed by atoms with E-state index in [1.807, 2.05) is 0 Å². The molecule has 0 bridgehead atoms. The zero-order chi connectivity index (χ0) is 22.2. The number of pyridine rings is 1. The van der Waals surface area contributed by atoms with Gasteiger partial charge < -0.3 is 5.32 Å². The quantitative estimate of drug-likeness (QED) is 0.450. The summed E-state index contributed by atoms with van der Waals surface area (Å²) in [6.45, 7) is 2.90. The Bertz CT molecular complexity index is 1170. The summed E-state index contributed by atoms with van der Waals surface area (Å²) in [5.74, 6) is -0.474. The number of carbonyl (C=O) groups excluding carboxylic acids is 1. The number of nitro benzene ring substituents is 2. The van der Waals surface area contributed by atoms with Crippen molar-refractivity contribution in [1.82, 2.24) is 14.8 Å². The Morgan fingerprint density at radius 2 is 1.67 bits per heavy atom. The zero-order valence-corrected chi connectivity index (χ0v) is 16.9. The van der Waals surface area contributed by atoms with Gasteiger partial charge in [-0.15, -0.1) is 0 Å². The molecule has 0 saturated heterocycles. The van der Waals surface area contributed by atoms with Crippen LogP contribution in [-0.4, -0.2) is 30.5 Å². The molecule has 0 unspecified atom stereocenters. The number of halogens is 2. The van der Waals surface area contributed by atoms with Crippen LogP contribution in [0.15, 0.2) is 30.5 Å². The predicted molar refractivity (Wildman–Crippen MR) is 109 cm³/mol. The smallest absolute Gasteiger partial charge is 0.279 e. The summed E-state index contributed by atoms with van der Waals surface area (Å²) >= 11 is 12.0. The van der Waals surface area contributed by atoms with E-state index >= 15 is 0 Å². The average Bonchev–Trinajstić information content (AvgIpc) is 3.01. The van der Waals surface area contributed by atoms with Gasteiger partial charge in [0.15, 0.2) is 5.82 Å². The Hall–Kier alpha value is -3.57. The van der Waals surface area contributed by atoms with Gasteiger partial charge in [0.05, 0.1) is 31.1 Å². The van der Waals surface area contributed by atoms with E-state index < -0.39 is 27.1 Å². The molecule has 0 aliphatic carbocycles. The van der Waals surface area contributed by atoms with Crippen LogP contribution in [0.3, 0.4) is 0 Å². The molecule has 13 heteroatoms. The number of amides is 1. The second kappa shape index (κ2) is 8.05. The van der Waals surface area contributed by atoms with Gasteiger partial charge in [-0.25, -0.2) is 4.98 Å². The molecule has 11 nitrogen and oxygen atoms in total. The van der Waals surface area contributed by atoms with Gasteiger partial charge in [0, 0.05) is 24.4 Å². The third-order valence-electron chi connectivity index (χ3n) is 4.07. The van der Waals surface area contributed by atoms with Gasteiger partial charge in [0.2, 0.25) is 0 Å². The lowest BCUT2D eigenvalue weighted by Crippen LogP contribution is -2.16. The van der Waals surface area contributed by atoms with Crippen molar-refractivity contribution in [3.8, 4) is 5.82 Å². The number of carbonyl (C=O) groups is 1. The Balaban J connectivity index is 2.04. The number of aromatic nitrogens is 3. The number of nitro groups is 2. The van der Waals surface area contributed by atoms with E-state index in [4.69, 9.17) is 23.2 Å². The summed E-state index contributed by atoms with van der Waals surface area (Å²) < 4.78 is 1.25. The lowest BCUT2D eigenvalue weighted by Gasteiger charge is -2.10. The molecule has 0 spiro atoms. The number of hydrogen-bond donors (Lipinski definition) is 1. The minimum absolute atomic E-state index is 0.153. The van der Waals surface area contributed by atoms with Gasteiger partial charge in [0.1, 0.15) is 11.4 Å². The molecule has 0 radical (unpaired) electrons. The van der Waals surface area contributed by atoms with Gasteiger partial charge in [-0.3, -0.25) is 25.0 Å². The van der Waals surface area contributed by atoms with E-state index in [2.05, 4.69) is 15.4 Å². The second-order valence-electron chi connectivity index (χ2n) is 6.15. The highest BCUT2D eigenvalue weighted by molar-refractivity contribution is 6.35. The summed E-state index contributed by atoms with van der Waals surface area (Å²) in [6.07, 6.45) is 1.35. The van der Waals surface area contributed by atoms with E-state index in [-0.39, 0.29) is 27.8 Å². The first-order valence-corrected chi connectivity index (χ1v) is 8.97. The summed E-state index contributed by atoms with van der Waals surface area (Å²) in [7, 11) is 0. The van der Waals surface area contributed by atoms with Gasteiger partial charge in [-0.1, -0.05) is 23.2 Å². The van der Waals surface area contributed by atoms with Crippen molar-refractivity contribution in [2.24, 2.45) is 0 Å². The first-order valence-electron chi connectivity index (χ1n) is 8.21. The minimum Gasteiger partial charge on any atom is -0.306 e. The number of nitrogens with one attached hydrogen (secondary N) is 1. The summed E-state index contributed by atoms with van der Waals surface area (Å²) in [5.41, 5.74) is -0.985. The Morgan fingerprint density at radius 1 is 1.07 bits per heavy atom. The number of aryl methyl sites for hydroxylation is 1. The molecule has 2 heterocycles. The van der Waals surface area contributed by atoms with Crippen LogP contribution < -0.4 is 5.32 Å². The predicted octanol–water partition coefficient (Wildman–Crippen LogP) is 4.26. The fourth-order valence-corrected chi connectivity index (χ4v) is 3.16. The van der Waals surface area contributed by atoms with Crippen LogP contribution in [0, 0.1) is 34.1 Å². The SMILES string of the molecule is Cc1cc(NC(=O)c2cc([N+](=O)[O-])c(C)c([N+](=O)[O-])c2)n(-c2ncc(Cl)cc2Cl)n1. The fraction of sp³-hybridized carbons (Fsp3) is 0.118. The van der Waals surface area contributed by atoms with Crippen molar-refractivity contribution >= 4 is 46.3 Å². The first kappa shape index (κ1) is 21.1. The van der Waals surface area contributed by atoms with Gasteiger partial charge >= 0.3 is 0 Å². The van der Waals surface area contributed by atoms with Crippen molar-refractivity contribution in [1.29, 1.82) is 0 Å². The Labute approximate surface area is 178 Å². The van der Waals surface area contributed by atoms with Crippen molar-refractivity contribution < 1.29 is 14.6 Å². The van der Waals surface area contributed by atoms with Gasteiger partial charge in [-0.2, -0.15) is 9.78 Å². The maximum atomic E-state index is 12.7. The van der Waals surface area contributed by atoms with Crippen molar-refractivity contribution in [3.63, 3.8) is 0 Å². The van der Waals surface area contributed by atoms with E-state index in [0.717, 1.165) is 12.1 Å². The molecular formula is C17H12Cl2N6O5. The maximum absolute atomic E-state index is 12.7. The average molecular weight is 451 g/mol. The fourth-order valence-electron chi connectivity index (χ4n) is 2.70. The molecule has 1 N–H and O–H groups in total. The Morgan fingerprint density at radius 3 is 2.20 bits per heavy atom. The summed E-state index contributed by atoms with van der Waals surface area (Å²) in [5, 5.41) is 29.7. The maximum Gasteiger partial charge on any atom is 0.279 e. The highest BCUT2D eigenvalue weighted by Crippen LogP contribution is 2.30. The molecule has 0 fully saturated rings. The van der Waals surface area contributed by atoms with Crippen molar-refractivity contribution in [3.05, 3.63) is 77.6 Å². The van der Waals surface area contributed by atoms with Gasteiger partial charge in [-0.05, 0) is 19.9 Å². The second-order valence-corrected chi connectivity index (χ2v) is 6.99. The summed E-state index contributed by atoms with van der Waals surface area (Å²) in [4.78, 5) is 37.7. The van der Waals surface area contributed by atoms with Crippen molar-refractivity contribution in [2.75, 3.05) is 5.32 Å². The standard InChI is InChI=1S/C17H12Cl2N6O5/c1-8-3-15(23(22-8)16-12(19)6-11(18)7-20-16)21-17(26)10-4-13(24(27)28)9(2)14(5-10)25(29)30/h3-7H,1-2H3,(H,21,26). The number of anilines is 1. The molecule has 2 aromatic heterocycles. The van der Waals surface area contributed by atoms with Crippen LogP contribution in [0.25, 0.3) is 5.82 Å². The monoisotopic (exact) mass is 450 g/mol. The van der Waals surface area contributed by atoms with E-state index in [0.29, 0.717) is 10.7 Å². The third-order valence-corrected chi connectivity index (χ3v) is 4.56. The minimum atomic E-state index is -0.813. The third kappa shape index (κ3) is 4.07. The zero-order valence-electron chi connectivity index (χ0n) is 15.4. The number of rotatable bonds is 5. The van der Waals surface area contributed by atoms with E-state index in [1.165, 1.54) is 29.9 Å². The van der Waals surface area contributed by atoms with Crippen LogP contribution in [0.5, 0.6) is 0 Å². The summed E-state index contributed by atoms with van der Waals surface area (Å²) in [6, 6.07) is 4.90. The molecule has 0 aliphatic heterocycles. The molecule has 1 amide bonds. The molecule has 0 aliphatic rings. The molecule has 0 saturated carbocycles. The number of hydrogen-bond acceptors (Lipinski definition) is 7. The molecule has 1 aromatic carbocycles. The number of benzene rings is 1. The van der Waals surface area contributed by atoms with Gasteiger partial charge in [0.25, 0.3) is 17.3 Å². The lowest BCUT2D eigenvalue weighted by atomic mass is 10.1.